The van der Waals surface area contributed by atoms with Crippen LogP contribution in [0.2, 0.25) is 0 Å². The zero-order chi connectivity index (χ0) is 13.8. The lowest BCUT2D eigenvalue weighted by Gasteiger charge is -2.14. The fourth-order valence-electron chi connectivity index (χ4n) is 2.35. The van der Waals surface area contributed by atoms with Crippen molar-refractivity contribution in [3.63, 3.8) is 0 Å². The van der Waals surface area contributed by atoms with Gasteiger partial charge in [-0.25, -0.2) is 4.98 Å². The number of carbonyl (C=O) groups is 1. The summed E-state index contributed by atoms with van der Waals surface area (Å²) in [5.41, 5.74) is 6.19. The van der Waals surface area contributed by atoms with Crippen molar-refractivity contribution in [1.82, 2.24) is 10.3 Å². The summed E-state index contributed by atoms with van der Waals surface area (Å²) in [5.74, 6) is 1.28. The van der Waals surface area contributed by atoms with Gasteiger partial charge in [0.05, 0.1) is 5.56 Å². The molecule has 1 amide bonds. The van der Waals surface area contributed by atoms with E-state index in [4.69, 9.17) is 5.73 Å². The van der Waals surface area contributed by atoms with Crippen LogP contribution in [0.5, 0.6) is 0 Å². The van der Waals surface area contributed by atoms with Crippen molar-refractivity contribution in [3.8, 4) is 0 Å². The molecule has 1 aromatic heterocycles. The first kappa shape index (κ1) is 14.7. The van der Waals surface area contributed by atoms with Gasteiger partial charge in [0.15, 0.2) is 0 Å². The number of nitrogens with zero attached hydrogens (tertiary/aromatic N) is 1. The Morgan fingerprint density at radius 2 is 2.42 bits per heavy atom. The standard InChI is InChI=1S/C13H18BrN3OS/c1-2-19-10-4-3-9(6-10)17-13(18)11-5-8(14)7-16-12(11)15/h5,7,9-10H,2-4,6H2,1H3,(H2,15,16)(H,17,18). The SMILES string of the molecule is CCSC1CCC(NC(=O)c2cc(Br)cnc2N)C1. The molecule has 1 fully saturated rings. The number of hydrogen-bond donors (Lipinski definition) is 2. The van der Waals surface area contributed by atoms with Crippen LogP contribution in [0.25, 0.3) is 0 Å². The van der Waals surface area contributed by atoms with E-state index >= 15 is 0 Å². The second-order valence-corrected chi connectivity index (χ2v) is 7.14. The van der Waals surface area contributed by atoms with E-state index in [2.05, 4.69) is 33.2 Å². The summed E-state index contributed by atoms with van der Waals surface area (Å²) < 4.78 is 0.762. The Morgan fingerprint density at radius 3 is 3.16 bits per heavy atom. The summed E-state index contributed by atoms with van der Waals surface area (Å²) >= 11 is 5.28. The molecule has 3 N–H and O–H groups in total. The molecule has 104 valence electrons. The maximum absolute atomic E-state index is 12.2. The molecule has 2 rings (SSSR count). The fraction of sp³-hybridized carbons (Fsp3) is 0.538. The van der Waals surface area contributed by atoms with Crippen molar-refractivity contribution in [3.05, 3.63) is 22.3 Å². The highest BCUT2D eigenvalue weighted by Crippen LogP contribution is 2.30. The summed E-state index contributed by atoms with van der Waals surface area (Å²) in [5, 5.41) is 3.73. The molecule has 2 unspecified atom stereocenters. The molecule has 0 aromatic carbocycles. The average Bonchev–Trinajstić information content (AvgIpc) is 2.80. The van der Waals surface area contributed by atoms with E-state index in [0.29, 0.717) is 10.8 Å². The lowest BCUT2D eigenvalue weighted by atomic mass is 10.2. The molecule has 2 atom stereocenters. The number of amides is 1. The lowest BCUT2D eigenvalue weighted by molar-refractivity contribution is 0.0938. The molecule has 0 radical (unpaired) electrons. The summed E-state index contributed by atoms with van der Waals surface area (Å²) in [6.45, 7) is 2.17. The van der Waals surface area contributed by atoms with Crippen LogP contribution >= 0.6 is 27.7 Å². The maximum Gasteiger partial charge on any atom is 0.255 e. The lowest BCUT2D eigenvalue weighted by Crippen LogP contribution is -2.33. The second kappa shape index (κ2) is 6.61. The van der Waals surface area contributed by atoms with Gasteiger partial charge in [-0.1, -0.05) is 6.92 Å². The van der Waals surface area contributed by atoms with Gasteiger partial charge in [-0.3, -0.25) is 4.79 Å². The summed E-state index contributed by atoms with van der Waals surface area (Å²) in [6.07, 6.45) is 4.86. The minimum Gasteiger partial charge on any atom is -0.383 e. The molecule has 0 aliphatic heterocycles. The number of rotatable bonds is 4. The van der Waals surface area contributed by atoms with Crippen LogP contribution in [-0.2, 0) is 0 Å². The number of nitrogens with one attached hydrogen (secondary N) is 1. The number of carbonyl (C=O) groups excluding carboxylic acids is 1. The van der Waals surface area contributed by atoms with E-state index in [1.54, 1.807) is 12.3 Å². The Morgan fingerprint density at radius 1 is 1.63 bits per heavy atom. The largest absolute Gasteiger partial charge is 0.383 e. The van der Waals surface area contributed by atoms with E-state index in [-0.39, 0.29) is 17.8 Å². The molecule has 1 heterocycles. The highest BCUT2D eigenvalue weighted by Gasteiger charge is 2.26. The zero-order valence-electron chi connectivity index (χ0n) is 10.9. The number of aromatic nitrogens is 1. The van der Waals surface area contributed by atoms with Gasteiger partial charge in [-0.05, 0) is 47.0 Å². The maximum atomic E-state index is 12.2. The first-order valence-electron chi connectivity index (χ1n) is 6.43. The van der Waals surface area contributed by atoms with Gasteiger partial charge in [-0.2, -0.15) is 11.8 Å². The molecule has 4 nitrogen and oxygen atoms in total. The monoisotopic (exact) mass is 343 g/mol. The summed E-state index contributed by atoms with van der Waals surface area (Å²) in [6, 6.07) is 1.97. The summed E-state index contributed by atoms with van der Waals surface area (Å²) in [7, 11) is 0. The van der Waals surface area contributed by atoms with E-state index in [0.717, 1.165) is 23.1 Å². The summed E-state index contributed by atoms with van der Waals surface area (Å²) in [4.78, 5) is 16.2. The Balaban J connectivity index is 1.96. The molecule has 0 saturated heterocycles. The predicted octanol–water partition coefficient (Wildman–Crippen LogP) is 2.83. The van der Waals surface area contributed by atoms with Crippen LogP contribution in [0, 0.1) is 0 Å². The van der Waals surface area contributed by atoms with Crippen molar-refractivity contribution in [2.45, 2.75) is 37.5 Å². The highest BCUT2D eigenvalue weighted by molar-refractivity contribution is 9.10. The molecule has 0 bridgehead atoms. The molecular formula is C13H18BrN3OS. The Bertz CT molecular complexity index is 469. The number of pyridine rings is 1. The predicted molar refractivity (Wildman–Crippen MR) is 83.4 cm³/mol. The number of halogens is 1. The zero-order valence-corrected chi connectivity index (χ0v) is 13.3. The average molecular weight is 344 g/mol. The third-order valence-electron chi connectivity index (χ3n) is 3.25. The molecule has 1 aliphatic rings. The van der Waals surface area contributed by atoms with Crippen LogP contribution < -0.4 is 11.1 Å². The topological polar surface area (TPSA) is 68.0 Å². The molecule has 1 aromatic rings. The molecular weight excluding hydrogens is 326 g/mol. The molecule has 1 saturated carbocycles. The van der Waals surface area contributed by atoms with Crippen LogP contribution in [0.3, 0.4) is 0 Å². The van der Waals surface area contributed by atoms with E-state index in [1.807, 2.05) is 11.8 Å². The third kappa shape index (κ3) is 3.86. The first-order valence-corrected chi connectivity index (χ1v) is 8.27. The second-order valence-electron chi connectivity index (χ2n) is 4.65. The van der Waals surface area contributed by atoms with Crippen LogP contribution in [-0.4, -0.2) is 27.9 Å². The van der Waals surface area contributed by atoms with Crippen molar-refractivity contribution >= 4 is 39.4 Å². The van der Waals surface area contributed by atoms with Gasteiger partial charge >= 0.3 is 0 Å². The minimum atomic E-state index is -0.126. The Kier molecular flexibility index (Phi) is 5.10. The van der Waals surface area contributed by atoms with E-state index in [9.17, 15) is 4.79 Å². The van der Waals surface area contributed by atoms with Crippen LogP contribution in [0.15, 0.2) is 16.7 Å². The smallest absolute Gasteiger partial charge is 0.255 e. The van der Waals surface area contributed by atoms with Gasteiger partial charge in [0.1, 0.15) is 5.82 Å². The van der Waals surface area contributed by atoms with Crippen LogP contribution in [0.4, 0.5) is 5.82 Å². The van der Waals surface area contributed by atoms with Crippen molar-refractivity contribution < 1.29 is 4.79 Å². The first-order chi connectivity index (χ1) is 9.10. The van der Waals surface area contributed by atoms with Crippen molar-refractivity contribution in [2.75, 3.05) is 11.5 Å². The van der Waals surface area contributed by atoms with Gasteiger partial charge in [-0.15, -0.1) is 0 Å². The number of nitrogen functional groups attached to an aromatic ring is 1. The van der Waals surface area contributed by atoms with E-state index in [1.165, 1.54) is 6.42 Å². The number of hydrogen-bond acceptors (Lipinski definition) is 4. The molecule has 0 spiro atoms. The van der Waals surface area contributed by atoms with Gasteiger partial charge in [0.25, 0.3) is 5.91 Å². The minimum absolute atomic E-state index is 0.126. The third-order valence-corrected chi connectivity index (χ3v) is 4.92. The van der Waals surface area contributed by atoms with Crippen molar-refractivity contribution in [2.24, 2.45) is 0 Å². The number of thioether (sulfide) groups is 1. The molecule has 1 aliphatic carbocycles. The van der Waals surface area contributed by atoms with Gasteiger partial charge in [0.2, 0.25) is 0 Å². The van der Waals surface area contributed by atoms with E-state index < -0.39 is 0 Å². The number of anilines is 1. The molecule has 6 heteroatoms. The fourth-order valence-corrected chi connectivity index (χ4v) is 3.83. The Hall–Kier alpha value is -0.750. The molecule has 19 heavy (non-hydrogen) atoms. The van der Waals surface area contributed by atoms with Crippen molar-refractivity contribution in [1.29, 1.82) is 0 Å². The Labute approximate surface area is 126 Å². The van der Waals surface area contributed by atoms with Crippen LogP contribution in [0.1, 0.15) is 36.5 Å². The normalized spacial score (nSPS) is 22.4. The number of nitrogens with two attached hydrogens (primary N) is 1. The van der Waals surface area contributed by atoms with Gasteiger partial charge < -0.3 is 11.1 Å². The highest BCUT2D eigenvalue weighted by atomic mass is 79.9. The quantitative estimate of drug-likeness (QED) is 0.881. The van der Waals surface area contributed by atoms with Gasteiger partial charge in [0, 0.05) is 22.0 Å².